The van der Waals surface area contributed by atoms with Gasteiger partial charge in [-0.25, -0.2) is 14.2 Å². The zero-order valence-corrected chi connectivity index (χ0v) is 23.0. The monoisotopic (exact) mass is 538 g/mol. The largest absolute Gasteiger partial charge is 0.450 e. The maximum Gasteiger partial charge on any atom is 0.410 e. The summed E-state index contributed by atoms with van der Waals surface area (Å²) in [6, 6.07) is 7.51. The van der Waals surface area contributed by atoms with Gasteiger partial charge in [-0.3, -0.25) is 14.2 Å². The lowest BCUT2D eigenvalue weighted by Crippen LogP contribution is -2.46. The van der Waals surface area contributed by atoms with E-state index >= 15 is 0 Å². The number of aryl methyl sites for hydroxylation is 1. The SMILES string of the molecule is CCOC(=O)N1CCc2c(sc3c2c(=O)n(-c2ccc(CC)cc2)c(=O)n3CC(=O)N2CCCC[C@H]2C)C1. The summed E-state index contributed by atoms with van der Waals surface area (Å²) in [6.07, 6.45) is 3.90. The average molecular weight is 539 g/mol. The van der Waals surface area contributed by atoms with Crippen LogP contribution in [0.15, 0.2) is 33.9 Å². The molecule has 10 heteroatoms. The van der Waals surface area contributed by atoms with Crippen LogP contribution in [0.4, 0.5) is 4.79 Å². The van der Waals surface area contributed by atoms with Gasteiger partial charge in [-0.2, -0.15) is 0 Å². The van der Waals surface area contributed by atoms with E-state index in [4.69, 9.17) is 4.74 Å². The topological polar surface area (TPSA) is 93.8 Å². The summed E-state index contributed by atoms with van der Waals surface area (Å²) >= 11 is 1.32. The normalized spacial score (nSPS) is 17.5. The van der Waals surface area contributed by atoms with Crippen molar-refractivity contribution < 1.29 is 14.3 Å². The number of hydrogen-bond acceptors (Lipinski definition) is 6. The maximum absolute atomic E-state index is 13.9. The van der Waals surface area contributed by atoms with Crippen molar-refractivity contribution in [1.82, 2.24) is 18.9 Å². The summed E-state index contributed by atoms with van der Waals surface area (Å²) in [7, 11) is 0. The lowest BCUT2D eigenvalue weighted by atomic mass is 10.0. The summed E-state index contributed by atoms with van der Waals surface area (Å²) in [5.74, 6) is -0.119. The Labute approximate surface area is 225 Å². The highest BCUT2D eigenvalue weighted by Crippen LogP contribution is 2.33. The van der Waals surface area contributed by atoms with Crippen LogP contribution in [0.25, 0.3) is 15.9 Å². The number of fused-ring (bicyclic) bond motifs is 3. The zero-order chi connectivity index (χ0) is 27.0. The predicted octanol–water partition coefficient (Wildman–Crippen LogP) is 3.69. The highest BCUT2D eigenvalue weighted by molar-refractivity contribution is 7.18. The molecule has 0 saturated carbocycles. The number of rotatable bonds is 5. The van der Waals surface area contributed by atoms with Crippen molar-refractivity contribution in [3.63, 3.8) is 0 Å². The van der Waals surface area contributed by atoms with Crippen LogP contribution in [-0.2, 0) is 35.5 Å². The number of aromatic nitrogens is 2. The van der Waals surface area contributed by atoms with Gasteiger partial charge in [0.15, 0.2) is 0 Å². The standard InChI is InChI=1S/C28H34N4O5S/c1-4-19-9-11-20(12-10-19)32-25(34)24-21-13-15-29(28(36)37-5-2)16-22(21)38-26(24)31(27(32)35)17-23(33)30-14-7-6-8-18(30)3/h9-12,18H,4-8,13-17H2,1-3H3/t18-/m1/s1. The molecule has 202 valence electrons. The molecule has 1 fully saturated rings. The van der Waals surface area contributed by atoms with E-state index in [1.54, 1.807) is 24.0 Å². The minimum atomic E-state index is -0.523. The van der Waals surface area contributed by atoms with Crippen LogP contribution in [0, 0.1) is 0 Å². The van der Waals surface area contributed by atoms with Crippen molar-refractivity contribution in [3.8, 4) is 5.69 Å². The molecule has 4 heterocycles. The van der Waals surface area contributed by atoms with E-state index in [1.807, 2.05) is 30.9 Å². The van der Waals surface area contributed by atoms with Crippen molar-refractivity contribution in [3.05, 3.63) is 61.1 Å². The summed E-state index contributed by atoms with van der Waals surface area (Å²) in [4.78, 5) is 58.5. The molecule has 3 aromatic rings. The van der Waals surface area contributed by atoms with Crippen molar-refractivity contribution >= 4 is 33.6 Å². The number of carbonyl (C=O) groups is 2. The van der Waals surface area contributed by atoms with Crippen molar-refractivity contribution in [1.29, 1.82) is 0 Å². The minimum absolute atomic E-state index is 0.115. The fourth-order valence-corrected chi connectivity index (χ4v) is 6.87. The van der Waals surface area contributed by atoms with Gasteiger partial charge in [0.05, 0.1) is 24.2 Å². The molecular formula is C28H34N4O5S. The van der Waals surface area contributed by atoms with E-state index in [9.17, 15) is 19.2 Å². The van der Waals surface area contributed by atoms with E-state index < -0.39 is 11.8 Å². The second kappa shape index (κ2) is 10.8. The number of amides is 2. The lowest BCUT2D eigenvalue weighted by Gasteiger charge is -2.33. The molecule has 2 aromatic heterocycles. The second-order valence-corrected chi connectivity index (χ2v) is 11.1. The highest BCUT2D eigenvalue weighted by atomic mass is 32.1. The third kappa shape index (κ3) is 4.66. The van der Waals surface area contributed by atoms with Crippen LogP contribution >= 0.6 is 11.3 Å². The molecule has 2 amide bonds. The molecule has 1 saturated heterocycles. The summed E-state index contributed by atoms with van der Waals surface area (Å²) < 4.78 is 7.84. The number of thiophene rings is 1. The first-order chi connectivity index (χ1) is 18.3. The lowest BCUT2D eigenvalue weighted by molar-refractivity contribution is -0.135. The Bertz CT molecular complexity index is 1490. The second-order valence-electron chi connectivity index (χ2n) is 10.0. The molecule has 0 radical (unpaired) electrons. The van der Waals surface area contributed by atoms with E-state index in [0.29, 0.717) is 42.0 Å². The molecule has 2 aliphatic rings. The van der Waals surface area contributed by atoms with Gasteiger partial charge in [0, 0.05) is 24.0 Å². The fourth-order valence-electron chi connectivity index (χ4n) is 5.52. The average Bonchev–Trinajstić information content (AvgIpc) is 3.31. The number of benzene rings is 1. The first-order valence-electron chi connectivity index (χ1n) is 13.4. The molecule has 0 bridgehead atoms. The highest BCUT2D eigenvalue weighted by Gasteiger charge is 2.30. The van der Waals surface area contributed by atoms with Crippen molar-refractivity contribution in [2.24, 2.45) is 0 Å². The van der Waals surface area contributed by atoms with Crippen molar-refractivity contribution in [2.75, 3.05) is 19.7 Å². The van der Waals surface area contributed by atoms with Gasteiger partial charge < -0.3 is 14.5 Å². The minimum Gasteiger partial charge on any atom is -0.450 e. The summed E-state index contributed by atoms with van der Waals surface area (Å²) in [5.41, 5.74) is 1.53. The van der Waals surface area contributed by atoms with Gasteiger partial charge in [0.25, 0.3) is 5.56 Å². The van der Waals surface area contributed by atoms with Crippen LogP contribution in [0.3, 0.4) is 0 Å². The molecule has 0 unspecified atom stereocenters. The predicted molar refractivity (Wildman–Crippen MR) is 147 cm³/mol. The Morgan fingerprint density at radius 2 is 1.84 bits per heavy atom. The van der Waals surface area contributed by atoms with Crippen LogP contribution in [0.1, 0.15) is 56.0 Å². The summed E-state index contributed by atoms with van der Waals surface area (Å²) in [6.45, 7) is 7.41. The van der Waals surface area contributed by atoms with E-state index in [-0.39, 0.29) is 30.7 Å². The molecule has 38 heavy (non-hydrogen) atoms. The van der Waals surface area contributed by atoms with Gasteiger partial charge >= 0.3 is 11.8 Å². The number of nitrogens with zero attached hydrogens (tertiary/aromatic N) is 4. The number of hydrogen-bond donors (Lipinski definition) is 0. The summed E-state index contributed by atoms with van der Waals surface area (Å²) in [5, 5.41) is 0.465. The Morgan fingerprint density at radius 3 is 2.53 bits per heavy atom. The Balaban J connectivity index is 1.66. The Morgan fingerprint density at radius 1 is 1.08 bits per heavy atom. The van der Waals surface area contributed by atoms with Crippen LogP contribution in [-0.4, -0.2) is 56.7 Å². The fraction of sp³-hybridized carbons (Fsp3) is 0.500. The van der Waals surface area contributed by atoms with Crippen LogP contribution in [0.5, 0.6) is 0 Å². The van der Waals surface area contributed by atoms with Gasteiger partial charge in [-0.15, -0.1) is 11.3 Å². The molecule has 9 nitrogen and oxygen atoms in total. The van der Waals surface area contributed by atoms with E-state index in [2.05, 4.69) is 0 Å². The smallest absolute Gasteiger partial charge is 0.410 e. The molecule has 2 aliphatic heterocycles. The number of carbonyl (C=O) groups excluding carboxylic acids is 2. The molecule has 0 N–H and O–H groups in total. The van der Waals surface area contributed by atoms with Gasteiger partial charge in [0.1, 0.15) is 11.4 Å². The van der Waals surface area contributed by atoms with Crippen molar-refractivity contribution in [2.45, 2.75) is 72.0 Å². The third-order valence-electron chi connectivity index (χ3n) is 7.67. The first kappa shape index (κ1) is 26.2. The molecular weight excluding hydrogens is 504 g/mol. The van der Waals surface area contributed by atoms with E-state index in [0.717, 1.165) is 41.7 Å². The van der Waals surface area contributed by atoms with Crippen LogP contribution in [0.2, 0.25) is 0 Å². The van der Waals surface area contributed by atoms with E-state index in [1.165, 1.54) is 20.5 Å². The van der Waals surface area contributed by atoms with Crippen LogP contribution < -0.4 is 11.2 Å². The number of likely N-dealkylation sites (tertiary alicyclic amines) is 1. The quantitative estimate of drug-likeness (QED) is 0.494. The number of ether oxygens (including phenoxy) is 1. The Kier molecular flexibility index (Phi) is 7.43. The Hall–Kier alpha value is -3.40. The maximum atomic E-state index is 13.9. The zero-order valence-electron chi connectivity index (χ0n) is 22.2. The molecule has 0 aliphatic carbocycles. The molecule has 1 aromatic carbocycles. The molecule has 5 rings (SSSR count). The third-order valence-corrected chi connectivity index (χ3v) is 8.91. The van der Waals surface area contributed by atoms with Gasteiger partial charge in [-0.1, -0.05) is 19.1 Å². The number of piperidine rings is 1. The van der Waals surface area contributed by atoms with Gasteiger partial charge in [0.2, 0.25) is 5.91 Å². The first-order valence-corrected chi connectivity index (χ1v) is 14.3. The molecule has 0 spiro atoms. The molecule has 1 atom stereocenters. The van der Waals surface area contributed by atoms with Gasteiger partial charge in [-0.05, 0) is 69.2 Å².